The highest BCUT2D eigenvalue weighted by atomic mass is 32.2. The first-order chi connectivity index (χ1) is 17.5. The molecule has 3 N–H and O–H groups in total. The van der Waals surface area contributed by atoms with Crippen LogP contribution in [0.2, 0.25) is 0 Å². The second kappa shape index (κ2) is 11.3. The van der Waals surface area contributed by atoms with Gasteiger partial charge in [-0.25, -0.2) is 0 Å². The minimum absolute atomic E-state index is 0.0195. The lowest BCUT2D eigenvalue weighted by Gasteiger charge is -2.13. The Balaban J connectivity index is 1.46. The Bertz CT molecular complexity index is 1360. The summed E-state index contributed by atoms with van der Waals surface area (Å²) in [6, 6.07) is 22.0. The van der Waals surface area contributed by atoms with Gasteiger partial charge in [-0.15, -0.1) is 10.2 Å². The zero-order chi connectivity index (χ0) is 25.5. The number of thioether (sulfide) groups is 1. The van der Waals surface area contributed by atoms with E-state index in [4.69, 9.17) is 9.47 Å². The summed E-state index contributed by atoms with van der Waals surface area (Å²) in [5, 5.41) is 19.1. The summed E-state index contributed by atoms with van der Waals surface area (Å²) in [7, 11) is 3.08. The Morgan fingerprint density at radius 1 is 1.00 bits per heavy atom. The van der Waals surface area contributed by atoms with E-state index < -0.39 is 0 Å². The molecule has 184 valence electrons. The van der Waals surface area contributed by atoms with Gasteiger partial charge in [-0.3, -0.25) is 20.2 Å². The number of amides is 1. The van der Waals surface area contributed by atoms with Gasteiger partial charge in [0.25, 0.3) is 0 Å². The van der Waals surface area contributed by atoms with Crippen molar-refractivity contribution in [3.63, 3.8) is 0 Å². The molecule has 0 unspecified atom stereocenters. The molecule has 4 aromatic rings. The third-order valence-electron chi connectivity index (χ3n) is 5.21. The van der Waals surface area contributed by atoms with Crippen LogP contribution in [0.3, 0.4) is 0 Å². The van der Waals surface area contributed by atoms with Gasteiger partial charge in [0.05, 0.1) is 25.7 Å². The molecule has 0 atom stereocenters. The molecular weight excluding hydrogens is 478 g/mol. The van der Waals surface area contributed by atoms with Crippen molar-refractivity contribution in [2.24, 2.45) is 0 Å². The van der Waals surface area contributed by atoms with Crippen molar-refractivity contribution in [2.45, 2.75) is 5.16 Å². The normalized spacial score (nSPS) is 10.5. The Morgan fingerprint density at radius 2 is 1.75 bits per heavy atom. The van der Waals surface area contributed by atoms with Crippen LogP contribution in [0.25, 0.3) is 22.8 Å². The second-order valence-corrected chi connectivity index (χ2v) is 8.48. The van der Waals surface area contributed by atoms with Gasteiger partial charge in [0.15, 0.2) is 22.5 Å². The number of carbonyl (C=O) groups is 1. The number of hydrogen-bond acceptors (Lipinski definition) is 8. The number of nitrogens with zero attached hydrogens (tertiary/aromatic N) is 3. The molecule has 0 saturated carbocycles. The van der Waals surface area contributed by atoms with Crippen LogP contribution >= 0.6 is 11.8 Å². The highest BCUT2D eigenvalue weighted by Gasteiger charge is 2.17. The van der Waals surface area contributed by atoms with Gasteiger partial charge in [-0.05, 0) is 54.6 Å². The topological polar surface area (TPSA) is 111 Å². The zero-order valence-electron chi connectivity index (χ0n) is 19.8. The quantitative estimate of drug-likeness (QED) is 0.220. The maximum Gasteiger partial charge on any atom is 0.248 e. The molecular formula is C26H25N5O4S. The number of aromatic nitrogens is 3. The summed E-state index contributed by atoms with van der Waals surface area (Å²) in [6.45, 7) is 3.92. The van der Waals surface area contributed by atoms with Gasteiger partial charge in [0.1, 0.15) is 5.75 Å². The predicted molar refractivity (Wildman–Crippen MR) is 139 cm³/mol. The van der Waals surface area contributed by atoms with E-state index in [9.17, 15) is 9.90 Å². The Labute approximate surface area is 212 Å². The highest BCUT2D eigenvalue weighted by Crippen LogP contribution is 2.29. The number of carbonyl (C=O) groups excluding carboxylic acids is 1. The number of para-hydroxylation sites is 1. The number of aromatic hydroxyl groups is 1. The first-order valence-electron chi connectivity index (χ1n) is 10.9. The summed E-state index contributed by atoms with van der Waals surface area (Å²) in [5.41, 5.74) is 8.27. The SMILES string of the molecule is C=C(NNC(=O)CSc1nnc(-c2ccc(OC)cc2)n1-c1ccccc1)c1ccc(O)c(OC)c1. The third kappa shape index (κ3) is 5.61. The van der Waals surface area contributed by atoms with Crippen molar-refractivity contribution in [3.8, 4) is 34.3 Å². The highest BCUT2D eigenvalue weighted by molar-refractivity contribution is 7.99. The summed E-state index contributed by atoms with van der Waals surface area (Å²) < 4.78 is 12.3. The number of nitrogens with one attached hydrogen (secondary N) is 2. The van der Waals surface area contributed by atoms with Crippen LogP contribution in [0.5, 0.6) is 17.2 Å². The molecule has 0 aliphatic rings. The number of hydrogen-bond donors (Lipinski definition) is 3. The standard InChI is InChI=1S/C26H25N5O4S/c1-17(19-11-14-22(32)23(15-19)35-3)27-28-24(33)16-36-26-30-29-25(18-9-12-21(34-2)13-10-18)31(26)20-7-5-4-6-8-20/h4-15,27,32H,1,16H2,2-3H3,(H,28,33). The summed E-state index contributed by atoms with van der Waals surface area (Å²) >= 11 is 1.26. The monoisotopic (exact) mass is 503 g/mol. The van der Waals surface area contributed by atoms with Crippen LogP contribution in [0.4, 0.5) is 0 Å². The molecule has 0 radical (unpaired) electrons. The average Bonchev–Trinajstić information content (AvgIpc) is 3.35. The van der Waals surface area contributed by atoms with Gasteiger partial charge in [0.2, 0.25) is 5.91 Å². The lowest BCUT2D eigenvalue weighted by Crippen LogP contribution is -2.37. The molecule has 36 heavy (non-hydrogen) atoms. The van der Waals surface area contributed by atoms with Crippen molar-refractivity contribution in [3.05, 3.63) is 84.9 Å². The summed E-state index contributed by atoms with van der Waals surface area (Å²) in [5.74, 6) is 1.54. The van der Waals surface area contributed by atoms with Crippen LogP contribution in [0.1, 0.15) is 5.56 Å². The number of methoxy groups -OCH3 is 2. The molecule has 0 bridgehead atoms. The second-order valence-electron chi connectivity index (χ2n) is 7.53. The van der Waals surface area contributed by atoms with E-state index in [1.807, 2.05) is 59.2 Å². The number of rotatable bonds is 10. The maximum absolute atomic E-state index is 12.6. The fourth-order valence-corrected chi connectivity index (χ4v) is 4.10. The van der Waals surface area contributed by atoms with E-state index in [0.29, 0.717) is 28.0 Å². The Hall–Kier alpha value is -4.44. The molecule has 0 aliphatic carbocycles. The lowest BCUT2D eigenvalue weighted by atomic mass is 10.1. The average molecular weight is 504 g/mol. The fraction of sp³-hybridized carbons (Fsp3) is 0.115. The van der Waals surface area contributed by atoms with E-state index in [1.165, 1.54) is 24.9 Å². The number of benzene rings is 3. The molecule has 4 rings (SSSR count). The molecule has 1 aromatic heterocycles. The van der Waals surface area contributed by atoms with Crippen LogP contribution in [-0.2, 0) is 4.79 Å². The molecule has 0 aliphatic heterocycles. The van der Waals surface area contributed by atoms with Gasteiger partial charge in [-0.1, -0.05) is 36.5 Å². The Morgan fingerprint density at radius 3 is 2.44 bits per heavy atom. The van der Waals surface area contributed by atoms with Gasteiger partial charge in [0, 0.05) is 16.8 Å². The summed E-state index contributed by atoms with van der Waals surface area (Å²) in [6.07, 6.45) is 0. The molecule has 1 amide bonds. The van der Waals surface area contributed by atoms with Gasteiger partial charge in [-0.2, -0.15) is 0 Å². The molecule has 3 aromatic carbocycles. The van der Waals surface area contributed by atoms with Gasteiger partial charge >= 0.3 is 0 Å². The van der Waals surface area contributed by atoms with E-state index in [0.717, 1.165) is 17.0 Å². The van der Waals surface area contributed by atoms with E-state index in [-0.39, 0.29) is 17.4 Å². The van der Waals surface area contributed by atoms with Gasteiger partial charge < -0.3 is 14.6 Å². The van der Waals surface area contributed by atoms with Crippen molar-refractivity contribution >= 4 is 23.4 Å². The summed E-state index contributed by atoms with van der Waals surface area (Å²) in [4.78, 5) is 12.6. The number of hydrazine groups is 1. The van der Waals surface area contributed by atoms with Crippen LogP contribution < -0.4 is 20.3 Å². The molecule has 0 fully saturated rings. The van der Waals surface area contributed by atoms with Crippen molar-refractivity contribution in [2.75, 3.05) is 20.0 Å². The molecule has 10 heteroatoms. The smallest absolute Gasteiger partial charge is 0.248 e. The molecule has 1 heterocycles. The van der Waals surface area contributed by atoms with E-state index >= 15 is 0 Å². The van der Waals surface area contributed by atoms with Crippen molar-refractivity contribution < 1.29 is 19.4 Å². The molecule has 0 saturated heterocycles. The predicted octanol–water partition coefficient (Wildman–Crippen LogP) is 4.04. The van der Waals surface area contributed by atoms with E-state index in [2.05, 4.69) is 27.6 Å². The fourth-order valence-electron chi connectivity index (χ4n) is 3.35. The van der Waals surface area contributed by atoms with Crippen LogP contribution in [0.15, 0.2) is 84.5 Å². The van der Waals surface area contributed by atoms with Crippen LogP contribution in [-0.4, -0.2) is 45.8 Å². The zero-order valence-corrected chi connectivity index (χ0v) is 20.6. The molecule has 0 spiro atoms. The first-order valence-corrected chi connectivity index (χ1v) is 11.9. The lowest BCUT2D eigenvalue weighted by molar-refractivity contribution is -0.119. The maximum atomic E-state index is 12.6. The number of phenols is 1. The first kappa shape index (κ1) is 24.7. The van der Waals surface area contributed by atoms with Crippen LogP contribution in [0, 0.1) is 0 Å². The molecule has 9 nitrogen and oxygen atoms in total. The number of phenolic OH excluding ortho intramolecular Hbond substituents is 1. The van der Waals surface area contributed by atoms with E-state index in [1.54, 1.807) is 19.2 Å². The Kier molecular flexibility index (Phi) is 7.76. The van der Waals surface area contributed by atoms with Crippen molar-refractivity contribution in [1.82, 2.24) is 25.6 Å². The minimum atomic E-state index is -0.277. The minimum Gasteiger partial charge on any atom is -0.504 e. The third-order valence-corrected chi connectivity index (χ3v) is 6.14. The van der Waals surface area contributed by atoms with Crippen molar-refractivity contribution in [1.29, 1.82) is 0 Å². The largest absolute Gasteiger partial charge is 0.504 e. The number of ether oxygens (including phenoxy) is 2.